The highest BCUT2D eigenvalue weighted by Gasteiger charge is 2.29. The molecule has 0 amide bonds. The molecule has 6 nitrogen and oxygen atoms in total. The maximum atomic E-state index is 4.56. The predicted octanol–water partition coefficient (Wildman–Crippen LogP) is 3.95. The summed E-state index contributed by atoms with van der Waals surface area (Å²) in [4.78, 5) is 8.60. The molecule has 0 radical (unpaired) electrons. The molecule has 142 valence electrons. The lowest BCUT2D eigenvalue weighted by atomic mass is 9.97. The van der Waals surface area contributed by atoms with Gasteiger partial charge in [0.25, 0.3) is 0 Å². The molecule has 3 aromatic rings. The SMILES string of the molecule is CC1CCN(C(CNc2nccn3c(C4CC4)nnc23)c2cccs2)CC1. The molecule has 0 spiro atoms. The zero-order valence-electron chi connectivity index (χ0n) is 15.7. The Kier molecular flexibility index (Phi) is 4.57. The molecule has 27 heavy (non-hydrogen) atoms. The first-order valence-corrected chi connectivity index (χ1v) is 10.9. The van der Waals surface area contributed by atoms with Gasteiger partial charge >= 0.3 is 0 Å². The van der Waals surface area contributed by atoms with Crippen LogP contribution < -0.4 is 5.32 Å². The molecule has 1 unspecified atom stereocenters. The summed E-state index contributed by atoms with van der Waals surface area (Å²) in [5.41, 5.74) is 0.844. The largest absolute Gasteiger partial charge is 0.365 e. The molecule has 1 aliphatic heterocycles. The van der Waals surface area contributed by atoms with Gasteiger partial charge in [-0.1, -0.05) is 13.0 Å². The molecule has 2 aliphatic rings. The zero-order valence-corrected chi connectivity index (χ0v) is 16.5. The number of hydrogen-bond donors (Lipinski definition) is 1. The molecular weight excluding hydrogens is 356 g/mol. The van der Waals surface area contributed by atoms with E-state index in [2.05, 4.69) is 54.2 Å². The maximum Gasteiger partial charge on any atom is 0.203 e. The quantitative estimate of drug-likeness (QED) is 0.700. The highest BCUT2D eigenvalue weighted by molar-refractivity contribution is 7.10. The standard InChI is InChI=1S/C20H26N6S/c1-14-6-9-25(10-7-14)16(17-3-2-12-27-17)13-22-18-20-24-23-19(15-4-5-15)26(20)11-8-21-18/h2-3,8,11-12,14-16H,4-7,9-10,13H2,1H3,(H,21,22). The molecule has 7 heteroatoms. The van der Waals surface area contributed by atoms with E-state index in [1.54, 1.807) is 0 Å². The number of hydrogen-bond acceptors (Lipinski definition) is 6. The van der Waals surface area contributed by atoms with Crippen LogP contribution in [-0.2, 0) is 0 Å². The van der Waals surface area contributed by atoms with Gasteiger partial charge in [-0.05, 0) is 56.1 Å². The van der Waals surface area contributed by atoms with Crippen molar-refractivity contribution in [2.24, 2.45) is 5.92 Å². The fourth-order valence-electron chi connectivity index (χ4n) is 4.01. The molecular formula is C20H26N6S. The molecule has 1 aliphatic carbocycles. The molecule has 1 saturated carbocycles. The van der Waals surface area contributed by atoms with Gasteiger partial charge < -0.3 is 5.32 Å². The molecule has 1 N–H and O–H groups in total. The van der Waals surface area contributed by atoms with Crippen LogP contribution >= 0.6 is 11.3 Å². The molecule has 1 saturated heterocycles. The van der Waals surface area contributed by atoms with Gasteiger partial charge in [-0.3, -0.25) is 9.30 Å². The van der Waals surface area contributed by atoms with Crippen LogP contribution in [0, 0.1) is 5.92 Å². The number of nitrogens with one attached hydrogen (secondary N) is 1. The monoisotopic (exact) mass is 382 g/mol. The van der Waals surface area contributed by atoms with Crippen LogP contribution in [0.3, 0.4) is 0 Å². The molecule has 1 atom stereocenters. The second-order valence-electron chi connectivity index (χ2n) is 7.93. The Bertz CT molecular complexity index is 892. The zero-order chi connectivity index (χ0) is 18.2. The summed E-state index contributed by atoms with van der Waals surface area (Å²) in [5, 5.41) is 14.6. The lowest BCUT2D eigenvalue weighted by molar-refractivity contribution is 0.145. The summed E-state index contributed by atoms with van der Waals surface area (Å²) < 4.78 is 2.11. The normalized spacial score (nSPS) is 20.2. The van der Waals surface area contributed by atoms with Gasteiger partial charge in [0.05, 0.1) is 6.04 Å². The van der Waals surface area contributed by atoms with E-state index in [0.29, 0.717) is 12.0 Å². The van der Waals surface area contributed by atoms with Crippen molar-refractivity contribution in [2.45, 2.75) is 44.6 Å². The lowest BCUT2D eigenvalue weighted by Crippen LogP contribution is -2.38. The number of fused-ring (bicyclic) bond motifs is 1. The smallest absolute Gasteiger partial charge is 0.203 e. The number of nitrogens with zero attached hydrogens (tertiary/aromatic N) is 5. The highest BCUT2D eigenvalue weighted by atomic mass is 32.1. The highest BCUT2D eigenvalue weighted by Crippen LogP contribution is 2.39. The molecule has 0 aromatic carbocycles. The summed E-state index contributed by atoms with van der Waals surface area (Å²) in [6.45, 7) is 5.54. The summed E-state index contributed by atoms with van der Waals surface area (Å²) in [6.07, 6.45) is 8.85. The van der Waals surface area contributed by atoms with Crippen molar-refractivity contribution in [3.05, 3.63) is 40.6 Å². The fourth-order valence-corrected chi connectivity index (χ4v) is 4.87. The minimum Gasteiger partial charge on any atom is -0.365 e. The van der Waals surface area contributed by atoms with Gasteiger partial charge in [-0.15, -0.1) is 21.5 Å². The Morgan fingerprint density at radius 1 is 1.22 bits per heavy atom. The second kappa shape index (κ2) is 7.20. The van der Waals surface area contributed by atoms with E-state index in [0.717, 1.165) is 29.8 Å². The van der Waals surface area contributed by atoms with Gasteiger partial charge in [0.2, 0.25) is 5.65 Å². The summed E-state index contributed by atoms with van der Waals surface area (Å²) in [6, 6.07) is 4.79. The van der Waals surface area contributed by atoms with Crippen LogP contribution in [0.2, 0.25) is 0 Å². The predicted molar refractivity (Wildman–Crippen MR) is 108 cm³/mol. The van der Waals surface area contributed by atoms with E-state index in [-0.39, 0.29) is 0 Å². The second-order valence-corrected chi connectivity index (χ2v) is 8.91. The molecule has 4 heterocycles. The van der Waals surface area contributed by atoms with Gasteiger partial charge in [0, 0.05) is 29.7 Å². The number of anilines is 1. The minimum absolute atomic E-state index is 0.380. The van der Waals surface area contributed by atoms with Gasteiger partial charge in [0.15, 0.2) is 5.82 Å². The third-order valence-corrected chi connectivity index (χ3v) is 6.86. The average molecular weight is 383 g/mol. The maximum absolute atomic E-state index is 4.56. The van der Waals surface area contributed by atoms with E-state index in [1.807, 2.05) is 23.7 Å². The third-order valence-electron chi connectivity index (χ3n) is 5.89. The summed E-state index contributed by atoms with van der Waals surface area (Å²) in [5.74, 6) is 3.33. The van der Waals surface area contributed by atoms with Crippen molar-refractivity contribution in [2.75, 3.05) is 25.0 Å². The van der Waals surface area contributed by atoms with Crippen molar-refractivity contribution in [3.8, 4) is 0 Å². The first-order valence-electron chi connectivity index (χ1n) is 10.0. The topological polar surface area (TPSA) is 58.4 Å². The van der Waals surface area contributed by atoms with E-state index >= 15 is 0 Å². The van der Waals surface area contributed by atoms with Crippen LogP contribution in [0.25, 0.3) is 5.65 Å². The molecule has 2 fully saturated rings. The van der Waals surface area contributed by atoms with Gasteiger partial charge in [-0.25, -0.2) is 4.98 Å². The molecule has 5 rings (SSSR count). The van der Waals surface area contributed by atoms with E-state index in [9.17, 15) is 0 Å². The van der Waals surface area contributed by atoms with E-state index in [1.165, 1.54) is 43.6 Å². The number of thiophene rings is 1. The first-order chi connectivity index (χ1) is 13.3. The lowest BCUT2D eigenvalue weighted by Gasteiger charge is -2.36. The Balaban J connectivity index is 1.37. The van der Waals surface area contributed by atoms with Crippen molar-refractivity contribution >= 4 is 22.8 Å². The Morgan fingerprint density at radius 3 is 2.81 bits per heavy atom. The molecule has 3 aromatic heterocycles. The van der Waals surface area contributed by atoms with E-state index in [4.69, 9.17) is 0 Å². The number of rotatable bonds is 6. The number of piperidine rings is 1. The van der Waals surface area contributed by atoms with Crippen LogP contribution in [0.15, 0.2) is 29.9 Å². The Morgan fingerprint density at radius 2 is 2.07 bits per heavy atom. The van der Waals surface area contributed by atoms with Gasteiger partial charge in [0.1, 0.15) is 5.82 Å². The van der Waals surface area contributed by atoms with Crippen molar-refractivity contribution in [1.29, 1.82) is 0 Å². The Hall–Kier alpha value is -1.99. The van der Waals surface area contributed by atoms with Crippen LogP contribution in [0.5, 0.6) is 0 Å². The van der Waals surface area contributed by atoms with E-state index < -0.39 is 0 Å². The van der Waals surface area contributed by atoms with Crippen molar-refractivity contribution < 1.29 is 0 Å². The number of aromatic nitrogens is 4. The average Bonchev–Trinajstić information content (AvgIpc) is 3.21. The minimum atomic E-state index is 0.380. The third kappa shape index (κ3) is 3.46. The van der Waals surface area contributed by atoms with Crippen LogP contribution in [0.1, 0.15) is 55.3 Å². The van der Waals surface area contributed by atoms with Crippen LogP contribution in [-0.4, -0.2) is 44.1 Å². The first kappa shape index (κ1) is 17.1. The number of likely N-dealkylation sites (tertiary alicyclic amines) is 1. The van der Waals surface area contributed by atoms with Crippen molar-refractivity contribution in [1.82, 2.24) is 24.5 Å². The fraction of sp³-hybridized carbons (Fsp3) is 0.550. The molecule has 0 bridgehead atoms. The summed E-state index contributed by atoms with van der Waals surface area (Å²) in [7, 11) is 0. The Labute approximate surface area is 163 Å². The summed E-state index contributed by atoms with van der Waals surface area (Å²) >= 11 is 1.85. The van der Waals surface area contributed by atoms with Crippen LogP contribution in [0.4, 0.5) is 5.82 Å². The van der Waals surface area contributed by atoms with Crippen molar-refractivity contribution in [3.63, 3.8) is 0 Å². The van der Waals surface area contributed by atoms with Gasteiger partial charge in [-0.2, -0.15) is 0 Å².